The summed E-state index contributed by atoms with van der Waals surface area (Å²) in [4.78, 5) is 31.1. The van der Waals surface area contributed by atoms with Gasteiger partial charge in [0.15, 0.2) is 5.82 Å². The van der Waals surface area contributed by atoms with Gasteiger partial charge in [-0.1, -0.05) is 24.1 Å². The van der Waals surface area contributed by atoms with Crippen molar-refractivity contribution in [3.8, 4) is 0 Å². The molecule has 2 fully saturated rings. The number of rotatable bonds is 5. The third-order valence-corrected chi connectivity index (χ3v) is 5.08. The zero-order valence-electron chi connectivity index (χ0n) is 15.8. The van der Waals surface area contributed by atoms with Crippen LogP contribution < -0.4 is 10.6 Å². The first-order valence-corrected chi connectivity index (χ1v) is 9.96. The summed E-state index contributed by atoms with van der Waals surface area (Å²) in [5, 5.41) is 9.34. The Labute approximate surface area is 163 Å². The van der Waals surface area contributed by atoms with Crippen molar-refractivity contribution < 1.29 is 14.1 Å². The van der Waals surface area contributed by atoms with Gasteiger partial charge in [0.1, 0.15) is 0 Å². The Hall–Kier alpha value is -2.90. The van der Waals surface area contributed by atoms with Crippen LogP contribution >= 0.6 is 0 Å². The molecule has 0 spiro atoms. The topological polar surface area (TPSA) is 100 Å². The standard InChI is InChI=1S/C20H25N5O3/c26-19(25-10-3-1-2-4-11-25)15-6-5-7-16(12-15)22-20(27)21-13-17-23-18(28-24-17)14-8-9-14/h5-7,12,14H,1-4,8-11,13H2,(H2,21,22,27). The van der Waals surface area contributed by atoms with Gasteiger partial charge >= 0.3 is 6.03 Å². The van der Waals surface area contributed by atoms with E-state index in [9.17, 15) is 9.59 Å². The Kier molecular flexibility index (Phi) is 5.55. The van der Waals surface area contributed by atoms with E-state index >= 15 is 0 Å². The molecule has 2 aliphatic rings. The summed E-state index contributed by atoms with van der Waals surface area (Å²) in [6.45, 7) is 1.78. The highest BCUT2D eigenvalue weighted by atomic mass is 16.5. The Morgan fingerprint density at radius 3 is 2.68 bits per heavy atom. The fourth-order valence-electron chi connectivity index (χ4n) is 3.36. The first kappa shape index (κ1) is 18.5. The predicted molar refractivity (Wildman–Crippen MR) is 103 cm³/mol. The van der Waals surface area contributed by atoms with Crippen molar-refractivity contribution in [3.05, 3.63) is 41.5 Å². The lowest BCUT2D eigenvalue weighted by atomic mass is 10.1. The fourth-order valence-corrected chi connectivity index (χ4v) is 3.36. The van der Waals surface area contributed by atoms with Crippen molar-refractivity contribution >= 4 is 17.6 Å². The molecular formula is C20H25N5O3. The highest BCUT2D eigenvalue weighted by Crippen LogP contribution is 2.38. The zero-order chi connectivity index (χ0) is 19.3. The van der Waals surface area contributed by atoms with Crippen molar-refractivity contribution in [3.63, 3.8) is 0 Å². The van der Waals surface area contributed by atoms with E-state index in [-0.39, 0.29) is 18.5 Å². The molecule has 1 saturated carbocycles. The lowest BCUT2D eigenvalue weighted by molar-refractivity contribution is 0.0761. The maximum Gasteiger partial charge on any atom is 0.319 e. The molecular weight excluding hydrogens is 358 g/mol. The Morgan fingerprint density at radius 2 is 1.93 bits per heavy atom. The summed E-state index contributed by atoms with van der Waals surface area (Å²) < 4.78 is 5.17. The normalized spacial score (nSPS) is 17.1. The Balaban J connectivity index is 1.31. The molecule has 1 saturated heterocycles. The molecule has 1 aliphatic heterocycles. The van der Waals surface area contributed by atoms with Crippen molar-refractivity contribution in [2.75, 3.05) is 18.4 Å². The minimum atomic E-state index is -0.378. The van der Waals surface area contributed by atoms with Crippen molar-refractivity contribution in [1.82, 2.24) is 20.4 Å². The molecule has 148 valence electrons. The molecule has 4 rings (SSSR count). The first-order chi connectivity index (χ1) is 13.7. The molecule has 2 heterocycles. The average molecular weight is 383 g/mol. The summed E-state index contributed by atoms with van der Waals surface area (Å²) in [6, 6.07) is 6.67. The van der Waals surface area contributed by atoms with Crippen LogP contribution in [0.5, 0.6) is 0 Å². The van der Waals surface area contributed by atoms with Crippen LogP contribution in [0.2, 0.25) is 0 Å². The number of carbonyl (C=O) groups is 2. The molecule has 1 aromatic carbocycles. The van der Waals surface area contributed by atoms with E-state index in [0.717, 1.165) is 38.8 Å². The van der Waals surface area contributed by atoms with Crippen LogP contribution in [-0.2, 0) is 6.54 Å². The van der Waals surface area contributed by atoms with Gasteiger partial charge in [0, 0.05) is 30.3 Å². The van der Waals surface area contributed by atoms with Gasteiger partial charge in [-0.2, -0.15) is 4.98 Å². The van der Waals surface area contributed by atoms with E-state index in [1.807, 2.05) is 4.90 Å². The van der Waals surface area contributed by atoms with Gasteiger partial charge < -0.3 is 20.1 Å². The van der Waals surface area contributed by atoms with Gasteiger partial charge in [-0.3, -0.25) is 4.79 Å². The number of benzene rings is 1. The predicted octanol–water partition coefficient (Wildman–Crippen LogP) is 3.28. The molecule has 0 radical (unpaired) electrons. The molecule has 0 unspecified atom stereocenters. The molecule has 0 bridgehead atoms. The molecule has 3 amide bonds. The van der Waals surface area contributed by atoms with Crippen LogP contribution in [0.15, 0.2) is 28.8 Å². The molecule has 8 heteroatoms. The second-order valence-corrected chi connectivity index (χ2v) is 7.42. The summed E-state index contributed by atoms with van der Waals surface area (Å²) in [7, 11) is 0. The van der Waals surface area contributed by atoms with Gasteiger partial charge in [0.25, 0.3) is 5.91 Å². The van der Waals surface area contributed by atoms with Crippen molar-refractivity contribution in [2.24, 2.45) is 0 Å². The molecule has 1 aliphatic carbocycles. The third kappa shape index (κ3) is 4.68. The SMILES string of the molecule is O=C(NCc1noc(C2CC2)n1)Nc1cccc(C(=O)N2CCCCCC2)c1. The maximum absolute atomic E-state index is 12.7. The molecule has 2 aromatic rings. The first-order valence-electron chi connectivity index (χ1n) is 9.96. The lowest BCUT2D eigenvalue weighted by Crippen LogP contribution is -2.32. The van der Waals surface area contributed by atoms with Gasteiger partial charge in [-0.05, 0) is 43.9 Å². The number of hydrogen-bond acceptors (Lipinski definition) is 5. The van der Waals surface area contributed by atoms with E-state index < -0.39 is 0 Å². The summed E-state index contributed by atoms with van der Waals surface area (Å²) in [5.41, 5.74) is 1.16. The van der Waals surface area contributed by atoms with Crippen LogP contribution in [0, 0.1) is 0 Å². The minimum Gasteiger partial charge on any atom is -0.339 e. The van der Waals surface area contributed by atoms with Gasteiger partial charge in [-0.15, -0.1) is 0 Å². The highest BCUT2D eigenvalue weighted by molar-refractivity contribution is 5.96. The van der Waals surface area contributed by atoms with Crippen LogP contribution in [0.3, 0.4) is 0 Å². The number of nitrogens with zero attached hydrogens (tertiary/aromatic N) is 3. The van der Waals surface area contributed by atoms with E-state index in [4.69, 9.17) is 4.52 Å². The van der Waals surface area contributed by atoms with Crippen molar-refractivity contribution in [2.45, 2.75) is 51.0 Å². The van der Waals surface area contributed by atoms with Gasteiger partial charge in [-0.25, -0.2) is 4.79 Å². The largest absolute Gasteiger partial charge is 0.339 e. The van der Waals surface area contributed by atoms with Crippen LogP contribution in [-0.4, -0.2) is 40.1 Å². The average Bonchev–Trinajstić information content (AvgIpc) is 3.50. The number of anilines is 1. The number of amides is 3. The van der Waals surface area contributed by atoms with E-state index in [1.165, 1.54) is 12.8 Å². The zero-order valence-corrected chi connectivity index (χ0v) is 15.8. The number of aromatic nitrogens is 2. The minimum absolute atomic E-state index is 0.0189. The van der Waals surface area contributed by atoms with E-state index in [1.54, 1.807) is 24.3 Å². The van der Waals surface area contributed by atoms with E-state index in [0.29, 0.717) is 28.9 Å². The lowest BCUT2D eigenvalue weighted by Gasteiger charge is -2.20. The number of carbonyl (C=O) groups excluding carboxylic acids is 2. The molecule has 28 heavy (non-hydrogen) atoms. The van der Waals surface area contributed by atoms with E-state index in [2.05, 4.69) is 20.8 Å². The third-order valence-electron chi connectivity index (χ3n) is 5.08. The second kappa shape index (κ2) is 8.41. The number of urea groups is 1. The van der Waals surface area contributed by atoms with Crippen molar-refractivity contribution in [1.29, 1.82) is 0 Å². The summed E-state index contributed by atoms with van der Waals surface area (Å²) >= 11 is 0. The highest BCUT2D eigenvalue weighted by Gasteiger charge is 2.29. The fraction of sp³-hybridized carbons (Fsp3) is 0.500. The van der Waals surface area contributed by atoms with Gasteiger partial charge in [0.05, 0.1) is 6.54 Å². The Morgan fingerprint density at radius 1 is 1.14 bits per heavy atom. The Bertz CT molecular complexity index is 838. The molecule has 2 N–H and O–H groups in total. The van der Waals surface area contributed by atoms with Crippen LogP contribution in [0.4, 0.5) is 10.5 Å². The molecule has 1 aromatic heterocycles. The summed E-state index contributed by atoms with van der Waals surface area (Å²) in [6.07, 6.45) is 6.61. The number of nitrogens with one attached hydrogen (secondary N) is 2. The number of hydrogen-bond donors (Lipinski definition) is 2. The smallest absolute Gasteiger partial charge is 0.319 e. The number of likely N-dealkylation sites (tertiary alicyclic amines) is 1. The van der Waals surface area contributed by atoms with Gasteiger partial charge in [0.2, 0.25) is 5.89 Å². The van der Waals surface area contributed by atoms with Crippen LogP contribution in [0.1, 0.15) is 66.5 Å². The quantitative estimate of drug-likeness (QED) is 0.825. The second-order valence-electron chi connectivity index (χ2n) is 7.42. The molecule has 8 nitrogen and oxygen atoms in total. The summed E-state index contributed by atoms with van der Waals surface area (Å²) in [5.74, 6) is 1.52. The monoisotopic (exact) mass is 383 g/mol. The molecule has 0 atom stereocenters. The van der Waals surface area contributed by atoms with Crippen LogP contribution in [0.25, 0.3) is 0 Å². The maximum atomic E-state index is 12.7.